The fraction of sp³-hybridized carbons (Fsp3) is 1.00. The molecule has 0 radical (unpaired) electrons. The lowest BCUT2D eigenvalue weighted by Gasteiger charge is -2.40. The molecule has 1 unspecified atom stereocenters. The molecule has 1 aliphatic carbocycles. The van der Waals surface area contributed by atoms with Gasteiger partial charge < -0.3 is 10.6 Å². The maximum atomic E-state index is 5.57. The Morgan fingerprint density at radius 3 is 2.35 bits per heavy atom. The quantitative estimate of drug-likeness (QED) is 0.798. The van der Waals surface area contributed by atoms with Gasteiger partial charge >= 0.3 is 0 Å². The minimum absolute atomic E-state index is 0.775. The molecular formula is C15H30N2. The van der Waals surface area contributed by atoms with Crippen molar-refractivity contribution in [3.63, 3.8) is 0 Å². The maximum Gasteiger partial charge on any atom is 0.000703 e. The van der Waals surface area contributed by atoms with Crippen LogP contribution in [0, 0.1) is 11.3 Å². The Morgan fingerprint density at radius 2 is 1.76 bits per heavy atom. The lowest BCUT2D eigenvalue weighted by Crippen LogP contribution is -2.40. The summed E-state index contributed by atoms with van der Waals surface area (Å²) >= 11 is 0. The molecule has 100 valence electrons. The van der Waals surface area contributed by atoms with Gasteiger partial charge in [0.25, 0.3) is 0 Å². The van der Waals surface area contributed by atoms with Crippen LogP contribution in [0.15, 0.2) is 0 Å². The number of hydrogen-bond donors (Lipinski definition) is 1. The summed E-state index contributed by atoms with van der Waals surface area (Å²) in [5, 5.41) is 0. The van der Waals surface area contributed by atoms with Crippen LogP contribution in [0.25, 0.3) is 0 Å². The van der Waals surface area contributed by atoms with Crippen molar-refractivity contribution in [1.82, 2.24) is 4.90 Å². The van der Waals surface area contributed by atoms with Crippen LogP contribution in [-0.2, 0) is 0 Å². The lowest BCUT2D eigenvalue weighted by atomic mass is 9.77. The van der Waals surface area contributed by atoms with Crippen molar-refractivity contribution in [3.8, 4) is 0 Å². The van der Waals surface area contributed by atoms with Crippen molar-refractivity contribution in [1.29, 1.82) is 0 Å². The number of likely N-dealkylation sites (tertiary alicyclic amines) is 1. The summed E-state index contributed by atoms with van der Waals surface area (Å²) in [6.07, 6.45) is 11.5. The van der Waals surface area contributed by atoms with Gasteiger partial charge in [-0.25, -0.2) is 0 Å². The summed E-state index contributed by atoms with van der Waals surface area (Å²) in [7, 11) is 0. The summed E-state index contributed by atoms with van der Waals surface area (Å²) in [5.41, 5.74) is 6.35. The van der Waals surface area contributed by atoms with Crippen molar-refractivity contribution in [2.24, 2.45) is 17.1 Å². The minimum Gasteiger partial charge on any atom is -0.330 e. The first-order chi connectivity index (χ1) is 8.24. The summed E-state index contributed by atoms with van der Waals surface area (Å²) in [6, 6.07) is 0. The average molecular weight is 238 g/mol. The van der Waals surface area contributed by atoms with Crippen LogP contribution in [-0.4, -0.2) is 31.1 Å². The lowest BCUT2D eigenvalue weighted by molar-refractivity contribution is 0.0965. The molecule has 2 fully saturated rings. The normalized spacial score (nSPS) is 26.5. The van der Waals surface area contributed by atoms with E-state index in [0.29, 0.717) is 0 Å². The van der Waals surface area contributed by atoms with Gasteiger partial charge in [0.15, 0.2) is 0 Å². The topological polar surface area (TPSA) is 29.3 Å². The molecule has 2 heteroatoms. The van der Waals surface area contributed by atoms with Gasteiger partial charge in [-0.2, -0.15) is 0 Å². The number of nitrogens with two attached hydrogens (primary N) is 1. The molecule has 1 aliphatic heterocycles. The fourth-order valence-corrected chi connectivity index (χ4v) is 3.83. The van der Waals surface area contributed by atoms with E-state index in [1.165, 1.54) is 71.0 Å². The van der Waals surface area contributed by atoms with Crippen molar-refractivity contribution >= 4 is 0 Å². The van der Waals surface area contributed by atoms with Crippen molar-refractivity contribution in [3.05, 3.63) is 0 Å². The Kier molecular flexibility index (Phi) is 4.87. The molecule has 2 rings (SSSR count). The second-order valence-electron chi connectivity index (χ2n) is 6.54. The predicted molar refractivity (Wildman–Crippen MR) is 74.0 cm³/mol. The zero-order valence-corrected chi connectivity index (χ0v) is 11.6. The number of rotatable bonds is 5. The van der Waals surface area contributed by atoms with Gasteiger partial charge in [-0.3, -0.25) is 0 Å². The molecule has 0 amide bonds. The molecule has 1 heterocycles. The highest BCUT2D eigenvalue weighted by molar-refractivity contribution is 4.89. The largest absolute Gasteiger partial charge is 0.330 e. The molecule has 0 aromatic heterocycles. The van der Waals surface area contributed by atoms with E-state index < -0.39 is 0 Å². The first-order valence-corrected chi connectivity index (χ1v) is 7.66. The van der Waals surface area contributed by atoms with Gasteiger partial charge in [-0.05, 0) is 69.5 Å². The van der Waals surface area contributed by atoms with E-state index >= 15 is 0 Å². The summed E-state index contributed by atoms with van der Waals surface area (Å²) in [6.45, 7) is 7.25. The highest BCUT2D eigenvalue weighted by Crippen LogP contribution is 2.46. The van der Waals surface area contributed by atoms with Crippen LogP contribution in [0.1, 0.15) is 58.3 Å². The van der Waals surface area contributed by atoms with E-state index in [0.717, 1.165) is 17.9 Å². The molecule has 1 spiro atoms. The summed E-state index contributed by atoms with van der Waals surface area (Å²) < 4.78 is 0. The molecule has 1 atom stereocenters. The van der Waals surface area contributed by atoms with Gasteiger partial charge in [0.1, 0.15) is 0 Å². The number of piperidine rings is 1. The number of hydrogen-bond acceptors (Lipinski definition) is 2. The molecule has 2 N–H and O–H groups in total. The highest BCUT2D eigenvalue weighted by atomic mass is 15.1. The standard InChI is InChI=1S/C15H30N2/c1-14(5-4-10-16)13-17-11-8-15(9-12-17)6-2-3-7-15/h14H,2-13,16H2,1H3. The van der Waals surface area contributed by atoms with Crippen LogP contribution >= 0.6 is 0 Å². The van der Waals surface area contributed by atoms with Gasteiger partial charge in [0.05, 0.1) is 0 Å². The van der Waals surface area contributed by atoms with Gasteiger partial charge in [0, 0.05) is 6.54 Å². The van der Waals surface area contributed by atoms with Gasteiger partial charge in [0.2, 0.25) is 0 Å². The van der Waals surface area contributed by atoms with Crippen LogP contribution in [0.5, 0.6) is 0 Å². The van der Waals surface area contributed by atoms with E-state index in [-0.39, 0.29) is 0 Å². The minimum atomic E-state index is 0.775. The van der Waals surface area contributed by atoms with E-state index in [1.807, 2.05) is 0 Å². The van der Waals surface area contributed by atoms with E-state index in [2.05, 4.69) is 11.8 Å². The SMILES string of the molecule is CC(CCCN)CN1CCC2(CCCC2)CC1. The number of nitrogens with zero attached hydrogens (tertiary/aromatic N) is 1. The molecule has 1 saturated carbocycles. The van der Waals surface area contributed by atoms with Crippen molar-refractivity contribution < 1.29 is 0 Å². The van der Waals surface area contributed by atoms with Gasteiger partial charge in [-0.15, -0.1) is 0 Å². The Balaban J connectivity index is 1.68. The van der Waals surface area contributed by atoms with Crippen LogP contribution < -0.4 is 5.73 Å². The van der Waals surface area contributed by atoms with Crippen molar-refractivity contribution in [2.45, 2.75) is 58.3 Å². The Hall–Kier alpha value is -0.0800. The predicted octanol–water partition coefficient (Wildman–Crippen LogP) is 3.02. The molecule has 2 aliphatic rings. The first-order valence-electron chi connectivity index (χ1n) is 7.66. The maximum absolute atomic E-state index is 5.57. The monoisotopic (exact) mass is 238 g/mol. The smallest absolute Gasteiger partial charge is 0.000703 e. The fourth-order valence-electron chi connectivity index (χ4n) is 3.83. The summed E-state index contributed by atoms with van der Waals surface area (Å²) in [5.74, 6) is 0.830. The average Bonchev–Trinajstić information content (AvgIpc) is 2.79. The van der Waals surface area contributed by atoms with Crippen LogP contribution in [0.4, 0.5) is 0 Å². The molecule has 0 bridgehead atoms. The highest BCUT2D eigenvalue weighted by Gasteiger charge is 2.36. The Bertz CT molecular complexity index is 211. The zero-order valence-electron chi connectivity index (χ0n) is 11.6. The second kappa shape index (κ2) is 6.19. The molecular weight excluding hydrogens is 208 g/mol. The van der Waals surface area contributed by atoms with E-state index in [4.69, 9.17) is 5.73 Å². The molecule has 1 saturated heterocycles. The third-order valence-corrected chi connectivity index (χ3v) is 5.05. The van der Waals surface area contributed by atoms with E-state index in [1.54, 1.807) is 0 Å². The third kappa shape index (κ3) is 3.69. The first kappa shape index (κ1) is 13.4. The van der Waals surface area contributed by atoms with Crippen LogP contribution in [0.3, 0.4) is 0 Å². The molecule has 0 aromatic rings. The zero-order chi connectivity index (χ0) is 12.1. The second-order valence-corrected chi connectivity index (χ2v) is 6.54. The Labute approximate surface area is 107 Å². The molecule has 17 heavy (non-hydrogen) atoms. The van der Waals surface area contributed by atoms with Crippen molar-refractivity contribution in [2.75, 3.05) is 26.2 Å². The van der Waals surface area contributed by atoms with Gasteiger partial charge in [-0.1, -0.05) is 19.8 Å². The van der Waals surface area contributed by atoms with E-state index in [9.17, 15) is 0 Å². The summed E-state index contributed by atoms with van der Waals surface area (Å²) in [4.78, 5) is 2.70. The molecule has 2 nitrogen and oxygen atoms in total. The molecule has 0 aromatic carbocycles. The van der Waals surface area contributed by atoms with Crippen LogP contribution in [0.2, 0.25) is 0 Å². The Morgan fingerprint density at radius 1 is 1.12 bits per heavy atom. The third-order valence-electron chi connectivity index (χ3n) is 5.05.